The molecule has 1 aliphatic heterocycles. The number of aromatic carboxylic acids is 1. The number of aromatic nitrogens is 4. The third-order valence-electron chi connectivity index (χ3n) is 4.64. The molecule has 2 aromatic rings. The number of carboxylic acid groups (broad SMARTS) is 1. The summed E-state index contributed by atoms with van der Waals surface area (Å²) < 4.78 is 39.9. The van der Waals surface area contributed by atoms with Crippen molar-refractivity contribution in [3.05, 3.63) is 35.5 Å². The van der Waals surface area contributed by atoms with Gasteiger partial charge in [0.1, 0.15) is 17.7 Å². The highest BCUT2D eigenvalue weighted by Gasteiger charge is 2.46. The SMILES string of the molecule is O=C(O)c1cn(Cc2cncnc2N2CC3CC3C2)nc1C(F)(F)F. The van der Waals surface area contributed by atoms with Gasteiger partial charge in [0.25, 0.3) is 0 Å². The third kappa shape index (κ3) is 2.92. The third-order valence-corrected chi connectivity index (χ3v) is 4.64. The molecule has 1 saturated heterocycles. The summed E-state index contributed by atoms with van der Waals surface area (Å²) in [5, 5.41) is 12.4. The summed E-state index contributed by atoms with van der Waals surface area (Å²) in [4.78, 5) is 21.4. The van der Waals surface area contributed by atoms with Gasteiger partial charge in [-0.1, -0.05) is 0 Å². The molecule has 132 valence electrons. The number of nitrogens with zero attached hydrogens (tertiary/aromatic N) is 5. The first kappa shape index (κ1) is 15.9. The number of carbonyl (C=O) groups is 1. The molecule has 1 N–H and O–H groups in total. The van der Waals surface area contributed by atoms with E-state index in [1.165, 1.54) is 18.9 Å². The van der Waals surface area contributed by atoms with Crippen LogP contribution in [-0.2, 0) is 12.7 Å². The summed E-state index contributed by atoms with van der Waals surface area (Å²) in [7, 11) is 0. The van der Waals surface area contributed by atoms with Crippen molar-refractivity contribution in [3.8, 4) is 0 Å². The molecule has 25 heavy (non-hydrogen) atoms. The van der Waals surface area contributed by atoms with Crippen molar-refractivity contribution in [2.75, 3.05) is 18.0 Å². The van der Waals surface area contributed by atoms with Crippen molar-refractivity contribution in [2.24, 2.45) is 11.8 Å². The van der Waals surface area contributed by atoms with Crippen molar-refractivity contribution in [2.45, 2.75) is 19.1 Å². The lowest BCUT2D eigenvalue weighted by Crippen LogP contribution is -2.25. The molecular weight excluding hydrogens is 339 g/mol. The van der Waals surface area contributed by atoms with E-state index < -0.39 is 23.4 Å². The molecule has 0 radical (unpaired) electrons. The minimum Gasteiger partial charge on any atom is -0.478 e. The number of rotatable bonds is 4. The molecule has 1 aliphatic carbocycles. The zero-order valence-corrected chi connectivity index (χ0v) is 12.9. The zero-order valence-electron chi connectivity index (χ0n) is 12.9. The maximum Gasteiger partial charge on any atom is 0.436 e. The second-order valence-corrected chi connectivity index (χ2v) is 6.42. The van der Waals surface area contributed by atoms with Crippen LogP contribution < -0.4 is 4.90 Å². The number of hydrogen-bond donors (Lipinski definition) is 1. The summed E-state index contributed by atoms with van der Waals surface area (Å²) in [5.74, 6) is 0.344. The Bertz CT molecular complexity index is 825. The fourth-order valence-electron chi connectivity index (χ4n) is 3.36. The number of hydrogen-bond acceptors (Lipinski definition) is 5. The van der Waals surface area contributed by atoms with E-state index in [0.29, 0.717) is 23.2 Å². The van der Waals surface area contributed by atoms with Crippen LogP contribution in [0, 0.1) is 11.8 Å². The Hall–Kier alpha value is -2.65. The Morgan fingerprint density at radius 3 is 2.64 bits per heavy atom. The van der Waals surface area contributed by atoms with Gasteiger partial charge in [0, 0.05) is 31.0 Å². The van der Waals surface area contributed by atoms with Gasteiger partial charge in [-0.15, -0.1) is 0 Å². The Balaban J connectivity index is 1.64. The van der Waals surface area contributed by atoms with Gasteiger partial charge < -0.3 is 10.0 Å². The van der Waals surface area contributed by atoms with E-state index in [-0.39, 0.29) is 6.54 Å². The Morgan fingerprint density at radius 1 is 1.32 bits per heavy atom. The fourth-order valence-corrected chi connectivity index (χ4v) is 3.36. The van der Waals surface area contributed by atoms with Crippen LogP contribution in [0.15, 0.2) is 18.7 Å². The lowest BCUT2D eigenvalue weighted by Gasteiger charge is -2.21. The minimum atomic E-state index is -4.83. The van der Waals surface area contributed by atoms with E-state index in [0.717, 1.165) is 24.0 Å². The number of alkyl halides is 3. The van der Waals surface area contributed by atoms with E-state index in [9.17, 15) is 18.0 Å². The van der Waals surface area contributed by atoms with Crippen LogP contribution >= 0.6 is 0 Å². The van der Waals surface area contributed by atoms with Crippen molar-refractivity contribution in [1.82, 2.24) is 19.7 Å². The van der Waals surface area contributed by atoms with E-state index in [4.69, 9.17) is 5.11 Å². The Labute approximate surface area is 140 Å². The fraction of sp³-hybridized carbons (Fsp3) is 0.467. The normalized spacial score (nSPS) is 22.1. The van der Waals surface area contributed by atoms with E-state index >= 15 is 0 Å². The first-order chi connectivity index (χ1) is 11.8. The molecule has 4 rings (SSSR count). The van der Waals surface area contributed by atoms with Crippen LogP contribution in [0.4, 0.5) is 19.0 Å². The predicted molar refractivity (Wildman–Crippen MR) is 79.1 cm³/mol. The smallest absolute Gasteiger partial charge is 0.436 e. The molecule has 2 unspecified atom stereocenters. The average Bonchev–Trinajstić information content (AvgIpc) is 2.96. The topological polar surface area (TPSA) is 84.1 Å². The highest BCUT2D eigenvalue weighted by atomic mass is 19.4. The molecule has 0 bridgehead atoms. The van der Waals surface area contributed by atoms with Gasteiger partial charge in [-0.25, -0.2) is 14.8 Å². The van der Waals surface area contributed by atoms with Gasteiger partial charge in [0.05, 0.1) is 6.54 Å². The molecule has 2 fully saturated rings. The van der Waals surface area contributed by atoms with Gasteiger partial charge in [0.15, 0.2) is 5.69 Å². The summed E-state index contributed by atoms with van der Waals surface area (Å²) in [6.07, 6.45) is 0.207. The molecule has 0 amide bonds. The Kier molecular flexibility index (Phi) is 3.44. The van der Waals surface area contributed by atoms with E-state index in [1.54, 1.807) is 0 Å². The second kappa shape index (κ2) is 5.43. The monoisotopic (exact) mass is 353 g/mol. The first-order valence-corrected chi connectivity index (χ1v) is 7.74. The second-order valence-electron chi connectivity index (χ2n) is 6.42. The lowest BCUT2D eigenvalue weighted by molar-refractivity contribution is -0.142. The van der Waals surface area contributed by atoms with Gasteiger partial charge >= 0.3 is 12.1 Å². The lowest BCUT2D eigenvalue weighted by atomic mass is 10.2. The van der Waals surface area contributed by atoms with Crippen molar-refractivity contribution >= 4 is 11.8 Å². The summed E-state index contributed by atoms with van der Waals surface area (Å²) >= 11 is 0. The molecule has 0 spiro atoms. The van der Waals surface area contributed by atoms with Crippen molar-refractivity contribution < 1.29 is 23.1 Å². The van der Waals surface area contributed by atoms with Crippen LogP contribution in [0.25, 0.3) is 0 Å². The van der Waals surface area contributed by atoms with Crippen molar-refractivity contribution in [1.29, 1.82) is 0 Å². The number of halogens is 3. The number of fused-ring (bicyclic) bond motifs is 1. The highest BCUT2D eigenvalue weighted by molar-refractivity contribution is 5.88. The summed E-state index contributed by atoms with van der Waals surface area (Å²) in [5.41, 5.74) is -1.66. The number of carboxylic acids is 1. The Morgan fingerprint density at radius 2 is 2.04 bits per heavy atom. The zero-order chi connectivity index (χ0) is 17.8. The highest BCUT2D eigenvalue weighted by Crippen LogP contribution is 2.46. The number of anilines is 1. The van der Waals surface area contributed by atoms with Gasteiger partial charge in [-0.3, -0.25) is 4.68 Å². The molecule has 2 aliphatic rings. The molecular formula is C15H14F3N5O2. The maximum absolute atomic E-state index is 13.0. The van der Waals surface area contributed by atoms with Gasteiger partial charge in [-0.05, 0) is 18.3 Å². The molecule has 3 heterocycles. The van der Waals surface area contributed by atoms with Crippen LogP contribution in [-0.4, -0.2) is 43.9 Å². The van der Waals surface area contributed by atoms with Crippen LogP contribution in [0.3, 0.4) is 0 Å². The van der Waals surface area contributed by atoms with Crippen molar-refractivity contribution in [3.63, 3.8) is 0 Å². The molecule has 0 aromatic carbocycles. The van der Waals surface area contributed by atoms with Crippen LogP contribution in [0.5, 0.6) is 0 Å². The molecule has 7 nitrogen and oxygen atoms in total. The minimum absolute atomic E-state index is 0.0294. The largest absolute Gasteiger partial charge is 0.478 e. The summed E-state index contributed by atoms with van der Waals surface area (Å²) in [6, 6.07) is 0. The first-order valence-electron chi connectivity index (χ1n) is 7.74. The quantitative estimate of drug-likeness (QED) is 0.904. The summed E-state index contributed by atoms with van der Waals surface area (Å²) in [6.45, 7) is 1.72. The van der Waals surface area contributed by atoms with Gasteiger partial charge in [-0.2, -0.15) is 18.3 Å². The number of piperidine rings is 1. The molecule has 2 atom stereocenters. The standard InChI is InChI=1S/C15H14F3N5O2/c16-15(17,18)12-11(14(24)25)6-23(21-12)5-10-2-19-7-20-13(10)22-3-8-1-9(8)4-22/h2,6-9H,1,3-5H2,(H,24,25). The molecule has 10 heteroatoms. The maximum atomic E-state index is 13.0. The van der Waals surface area contributed by atoms with E-state index in [2.05, 4.69) is 20.0 Å². The van der Waals surface area contributed by atoms with Crippen LogP contribution in [0.2, 0.25) is 0 Å². The van der Waals surface area contributed by atoms with Crippen LogP contribution in [0.1, 0.15) is 28.0 Å². The van der Waals surface area contributed by atoms with E-state index in [1.807, 2.05) is 0 Å². The van der Waals surface area contributed by atoms with Gasteiger partial charge in [0.2, 0.25) is 0 Å². The molecule has 1 saturated carbocycles. The average molecular weight is 353 g/mol. The molecule has 2 aromatic heterocycles. The predicted octanol–water partition coefficient (Wildman–Crippen LogP) is 1.89.